The molecule has 2 rings (SSSR count). The molecule has 5 nitrogen and oxygen atoms in total. The number of nitro benzene ring substituents is 1. The highest BCUT2D eigenvalue weighted by molar-refractivity contribution is 9.10. The molecular weight excluding hydrogens is 358 g/mol. The summed E-state index contributed by atoms with van der Waals surface area (Å²) in [7, 11) is 0. The molecule has 0 aliphatic heterocycles. The summed E-state index contributed by atoms with van der Waals surface area (Å²) in [4.78, 5) is 21.7. The van der Waals surface area contributed by atoms with E-state index < -0.39 is 33.8 Å². The number of carbonyl (C=O) groups excluding carboxylic acids is 1. The maximum absolute atomic E-state index is 13.5. The fraction of sp³-hybridized carbons (Fsp3) is 0. The summed E-state index contributed by atoms with van der Waals surface area (Å²) >= 11 is 4.24. The Bertz CT molecular complexity index is 705. The first-order chi connectivity index (χ1) is 9.40. The van der Waals surface area contributed by atoms with Crippen LogP contribution in [0.5, 0.6) is 0 Å². The Labute approximate surface area is 123 Å². The van der Waals surface area contributed by atoms with Gasteiger partial charge < -0.3 is 5.32 Å². The maximum atomic E-state index is 13.5. The second kappa shape index (κ2) is 5.63. The van der Waals surface area contributed by atoms with Crippen LogP contribution in [0.25, 0.3) is 0 Å². The Kier molecular flexibility index (Phi) is 4.09. The summed E-state index contributed by atoms with van der Waals surface area (Å²) in [6.07, 6.45) is 0. The maximum Gasteiger partial charge on any atom is 0.307 e. The van der Waals surface area contributed by atoms with Crippen LogP contribution in [0.2, 0.25) is 0 Å². The van der Waals surface area contributed by atoms with Crippen molar-refractivity contribution in [1.82, 2.24) is 0 Å². The van der Waals surface area contributed by atoms with Gasteiger partial charge in [0.2, 0.25) is 5.82 Å². The third-order valence-corrected chi connectivity index (χ3v) is 4.14. The van der Waals surface area contributed by atoms with E-state index in [1.807, 2.05) is 0 Å². The number of nitrogens with zero attached hydrogens (tertiary/aromatic N) is 1. The fourth-order valence-electron chi connectivity index (χ4n) is 1.41. The van der Waals surface area contributed by atoms with Crippen molar-refractivity contribution in [2.24, 2.45) is 0 Å². The highest BCUT2D eigenvalue weighted by Crippen LogP contribution is 2.27. The van der Waals surface area contributed by atoms with Crippen molar-refractivity contribution in [2.75, 3.05) is 5.32 Å². The number of nitro groups is 1. The Morgan fingerprint density at radius 2 is 2.05 bits per heavy atom. The summed E-state index contributed by atoms with van der Waals surface area (Å²) in [5.41, 5.74) is -1.37. The number of amides is 1. The first-order valence-electron chi connectivity index (χ1n) is 5.08. The van der Waals surface area contributed by atoms with Gasteiger partial charge in [0.15, 0.2) is 0 Å². The first kappa shape index (κ1) is 14.5. The topological polar surface area (TPSA) is 72.2 Å². The molecule has 1 heterocycles. The van der Waals surface area contributed by atoms with Gasteiger partial charge in [-0.15, -0.1) is 11.3 Å². The van der Waals surface area contributed by atoms with Gasteiger partial charge in [-0.05, 0) is 27.4 Å². The number of halogens is 3. The first-order valence-corrected chi connectivity index (χ1v) is 6.75. The largest absolute Gasteiger partial charge is 0.319 e. The van der Waals surface area contributed by atoms with Crippen molar-refractivity contribution in [2.45, 2.75) is 0 Å². The van der Waals surface area contributed by atoms with Gasteiger partial charge in [0.1, 0.15) is 10.7 Å². The lowest BCUT2D eigenvalue weighted by Crippen LogP contribution is -2.12. The lowest BCUT2D eigenvalue weighted by molar-refractivity contribution is -0.387. The number of thiophene rings is 1. The highest BCUT2D eigenvalue weighted by atomic mass is 79.9. The van der Waals surface area contributed by atoms with E-state index in [9.17, 15) is 23.7 Å². The Hall–Kier alpha value is -1.87. The number of carbonyl (C=O) groups is 1. The minimum absolute atomic E-state index is 0.274. The zero-order chi connectivity index (χ0) is 14.9. The van der Waals surface area contributed by atoms with Crippen molar-refractivity contribution >= 4 is 44.5 Å². The van der Waals surface area contributed by atoms with E-state index in [0.29, 0.717) is 16.6 Å². The average molecular weight is 363 g/mol. The number of hydrogen-bond donors (Lipinski definition) is 1. The summed E-state index contributed by atoms with van der Waals surface area (Å²) in [6, 6.07) is 2.63. The molecule has 0 atom stereocenters. The molecular formula is C11H5BrF2N2O3S. The molecule has 2 aromatic rings. The average Bonchev–Trinajstić information content (AvgIpc) is 2.78. The number of hydrogen-bond acceptors (Lipinski definition) is 4. The molecule has 1 N–H and O–H groups in total. The molecule has 0 radical (unpaired) electrons. The summed E-state index contributed by atoms with van der Waals surface area (Å²) in [6.45, 7) is 0. The minimum Gasteiger partial charge on any atom is -0.319 e. The van der Waals surface area contributed by atoms with E-state index >= 15 is 0 Å². The number of benzene rings is 1. The van der Waals surface area contributed by atoms with E-state index in [2.05, 4.69) is 21.2 Å². The normalized spacial score (nSPS) is 10.3. The van der Waals surface area contributed by atoms with E-state index in [-0.39, 0.29) is 4.88 Å². The van der Waals surface area contributed by atoms with E-state index in [4.69, 9.17) is 0 Å². The molecule has 1 aromatic carbocycles. The third kappa shape index (κ3) is 2.83. The molecule has 0 fully saturated rings. The standard InChI is InChI=1S/C11H5BrF2N2O3S/c12-5-1-2-20-10(5)11(17)15-8-4-9(16(18)19)7(14)3-6(8)13/h1-4H,(H,15,17). The summed E-state index contributed by atoms with van der Waals surface area (Å²) in [5.74, 6) is -3.04. The van der Waals surface area contributed by atoms with E-state index in [1.165, 1.54) is 0 Å². The second-order valence-electron chi connectivity index (χ2n) is 3.59. The van der Waals surface area contributed by atoms with Crippen LogP contribution in [0.3, 0.4) is 0 Å². The molecule has 20 heavy (non-hydrogen) atoms. The van der Waals surface area contributed by atoms with Gasteiger partial charge in [-0.2, -0.15) is 4.39 Å². The van der Waals surface area contributed by atoms with Crippen LogP contribution in [-0.2, 0) is 0 Å². The van der Waals surface area contributed by atoms with Crippen molar-refractivity contribution < 1.29 is 18.5 Å². The molecule has 104 valence electrons. The molecule has 0 bridgehead atoms. The number of nitrogens with one attached hydrogen (secondary N) is 1. The predicted molar refractivity (Wildman–Crippen MR) is 73.0 cm³/mol. The lowest BCUT2D eigenvalue weighted by Gasteiger charge is -2.06. The quantitative estimate of drug-likeness (QED) is 0.663. The van der Waals surface area contributed by atoms with Crippen molar-refractivity contribution in [3.63, 3.8) is 0 Å². The Morgan fingerprint density at radius 1 is 1.35 bits per heavy atom. The molecule has 0 aliphatic rings. The van der Waals surface area contributed by atoms with Crippen LogP contribution < -0.4 is 5.32 Å². The molecule has 0 saturated heterocycles. The minimum atomic E-state index is -1.30. The highest BCUT2D eigenvalue weighted by Gasteiger charge is 2.21. The van der Waals surface area contributed by atoms with Gasteiger partial charge in [-0.1, -0.05) is 0 Å². The van der Waals surface area contributed by atoms with Gasteiger partial charge in [0.25, 0.3) is 5.91 Å². The molecule has 1 amide bonds. The molecule has 0 spiro atoms. The molecule has 0 saturated carbocycles. The Morgan fingerprint density at radius 3 is 2.60 bits per heavy atom. The monoisotopic (exact) mass is 362 g/mol. The van der Waals surface area contributed by atoms with Gasteiger partial charge in [0.05, 0.1) is 10.6 Å². The SMILES string of the molecule is O=C(Nc1cc([N+](=O)[O-])c(F)cc1F)c1sccc1Br. The van der Waals surface area contributed by atoms with Crippen LogP contribution in [0, 0.1) is 21.7 Å². The van der Waals surface area contributed by atoms with Crippen LogP contribution in [-0.4, -0.2) is 10.8 Å². The molecule has 0 aliphatic carbocycles. The second-order valence-corrected chi connectivity index (χ2v) is 5.36. The van der Waals surface area contributed by atoms with Crippen molar-refractivity contribution in [1.29, 1.82) is 0 Å². The smallest absolute Gasteiger partial charge is 0.307 e. The number of anilines is 1. The van der Waals surface area contributed by atoms with Crippen LogP contribution in [0.4, 0.5) is 20.2 Å². The zero-order valence-corrected chi connectivity index (χ0v) is 11.9. The predicted octanol–water partition coefficient (Wildman–Crippen LogP) is 3.95. The number of rotatable bonds is 3. The van der Waals surface area contributed by atoms with Crippen LogP contribution in [0.1, 0.15) is 9.67 Å². The van der Waals surface area contributed by atoms with Crippen molar-refractivity contribution in [3.8, 4) is 0 Å². The van der Waals surface area contributed by atoms with E-state index in [1.54, 1.807) is 11.4 Å². The lowest BCUT2D eigenvalue weighted by atomic mass is 10.2. The molecule has 1 aromatic heterocycles. The van der Waals surface area contributed by atoms with Gasteiger partial charge in [-0.3, -0.25) is 14.9 Å². The fourth-order valence-corrected chi connectivity index (χ4v) is 2.85. The van der Waals surface area contributed by atoms with Gasteiger partial charge in [0, 0.05) is 16.6 Å². The van der Waals surface area contributed by atoms with E-state index in [0.717, 1.165) is 11.3 Å². The third-order valence-electron chi connectivity index (χ3n) is 2.30. The zero-order valence-electron chi connectivity index (χ0n) is 9.52. The van der Waals surface area contributed by atoms with Crippen molar-refractivity contribution in [3.05, 3.63) is 54.7 Å². The molecule has 0 unspecified atom stereocenters. The summed E-state index contributed by atoms with van der Waals surface area (Å²) < 4.78 is 27.2. The Balaban J connectivity index is 2.34. The van der Waals surface area contributed by atoms with Gasteiger partial charge in [-0.25, -0.2) is 4.39 Å². The van der Waals surface area contributed by atoms with Crippen LogP contribution >= 0.6 is 27.3 Å². The summed E-state index contributed by atoms with van der Waals surface area (Å²) in [5, 5.41) is 14.4. The van der Waals surface area contributed by atoms with Crippen LogP contribution in [0.15, 0.2) is 28.1 Å². The van der Waals surface area contributed by atoms with Gasteiger partial charge >= 0.3 is 5.69 Å². The molecule has 9 heteroatoms.